The lowest BCUT2D eigenvalue weighted by Gasteiger charge is -2.29. The second-order valence-corrected chi connectivity index (χ2v) is 9.36. The number of likely N-dealkylation sites (tertiary alicyclic amines) is 1. The van der Waals surface area contributed by atoms with E-state index in [4.69, 9.17) is 11.5 Å². The highest BCUT2D eigenvalue weighted by Crippen LogP contribution is 2.20. The number of hydrogen-bond acceptors (Lipinski definition) is 5. The zero-order valence-electron chi connectivity index (χ0n) is 21.4. The van der Waals surface area contributed by atoms with E-state index in [0.717, 1.165) is 11.1 Å². The molecule has 1 aliphatic rings. The SMILES string of the molecule is NC(N)=NCCC[C@@H](C=O)NC(=O)[C@@H]1CCCN1C(=O)[C@@H](Cc1ccccc1)NC(=O)Cc1ccccc1. The molecule has 0 unspecified atom stereocenters. The molecule has 0 bridgehead atoms. The number of rotatable bonds is 13. The molecule has 6 N–H and O–H groups in total. The molecule has 0 radical (unpaired) electrons. The third-order valence-corrected chi connectivity index (χ3v) is 6.42. The predicted molar refractivity (Wildman–Crippen MR) is 145 cm³/mol. The number of aldehydes is 1. The fourth-order valence-corrected chi connectivity index (χ4v) is 4.55. The van der Waals surface area contributed by atoms with Gasteiger partial charge in [0.15, 0.2) is 5.96 Å². The molecule has 10 nitrogen and oxygen atoms in total. The summed E-state index contributed by atoms with van der Waals surface area (Å²) in [5.41, 5.74) is 12.4. The van der Waals surface area contributed by atoms with E-state index in [1.54, 1.807) is 0 Å². The van der Waals surface area contributed by atoms with Crippen LogP contribution in [-0.4, -0.2) is 66.1 Å². The molecular weight excluding hydrogens is 484 g/mol. The van der Waals surface area contributed by atoms with Crippen molar-refractivity contribution in [2.24, 2.45) is 16.5 Å². The molecular formula is C28H36N6O4. The van der Waals surface area contributed by atoms with E-state index in [-0.39, 0.29) is 30.1 Å². The molecule has 0 saturated carbocycles. The Morgan fingerprint density at radius 3 is 2.29 bits per heavy atom. The highest BCUT2D eigenvalue weighted by Gasteiger charge is 2.38. The van der Waals surface area contributed by atoms with Crippen molar-refractivity contribution in [1.82, 2.24) is 15.5 Å². The lowest BCUT2D eigenvalue weighted by atomic mass is 10.0. The minimum Gasteiger partial charge on any atom is -0.370 e. The summed E-state index contributed by atoms with van der Waals surface area (Å²) in [6.45, 7) is 0.743. The van der Waals surface area contributed by atoms with Crippen molar-refractivity contribution in [3.63, 3.8) is 0 Å². The molecule has 1 heterocycles. The maximum Gasteiger partial charge on any atom is 0.246 e. The molecule has 0 spiro atoms. The van der Waals surface area contributed by atoms with E-state index in [1.807, 2.05) is 60.7 Å². The van der Waals surface area contributed by atoms with Crippen molar-refractivity contribution in [3.05, 3.63) is 71.8 Å². The summed E-state index contributed by atoms with van der Waals surface area (Å²) in [5, 5.41) is 5.64. The van der Waals surface area contributed by atoms with Crippen LogP contribution in [0, 0.1) is 0 Å². The fraction of sp³-hybridized carbons (Fsp3) is 0.393. The zero-order valence-corrected chi connectivity index (χ0v) is 21.4. The van der Waals surface area contributed by atoms with Crippen LogP contribution in [0.3, 0.4) is 0 Å². The average Bonchev–Trinajstić information content (AvgIpc) is 3.41. The van der Waals surface area contributed by atoms with Gasteiger partial charge in [0.1, 0.15) is 18.4 Å². The summed E-state index contributed by atoms with van der Waals surface area (Å²) >= 11 is 0. The van der Waals surface area contributed by atoms with Crippen LogP contribution in [0.4, 0.5) is 0 Å². The predicted octanol–water partition coefficient (Wildman–Crippen LogP) is 0.685. The topological polar surface area (TPSA) is 160 Å². The number of benzene rings is 2. The van der Waals surface area contributed by atoms with Crippen molar-refractivity contribution in [1.29, 1.82) is 0 Å². The van der Waals surface area contributed by atoms with Gasteiger partial charge >= 0.3 is 0 Å². The highest BCUT2D eigenvalue weighted by atomic mass is 16.2. The number of nitrogens with one attached hydrogen (secondary N) is 2. The summed E-state index contributed by atoms with van der Waals surface area (Å²) in [5.74, 6) is -1.00. The molecule has 1 aliphatic heterocycles. The lowest BCUT2D eigenvalue weighted by molar-refractivity contribution is -0.141. The van der Waals surface area contributed by atoms with Gasteiger partial charge in [0, 0.05) is 19.5 Å². The largest absolute Gasteiger partial charge is 0.370 e. The number of hydrogen-bond donors (Lipinski definition) is 4. The molecule has 202 valence electrons. The Kier molecular flexibility index (Phi) is 10.8. The van der Waals surface area contributed by atoms with E-state index in [9.17, 15) is 19.2 Å². The van der Waals surface area contributed by atoms with Gasteiger partial charge in [-0.15, -0.1) is 0 Å². The van der Waals surface area contributed by atoms with Gasteiger partial charge in [0.25, 0.3) is 0 Å². The Hall–Kier alpha value is -4.21. The average molecular weight is 521 g/mol. The van der Waals surface area contributed by atoms with Gasteiger partial charge in [-0.25, -0.2) is 0 Å². The van der Waals surface area contributed by atoms with Gasteiger partial charge in [0.2, 0.25) is 17.7 Å². The van der Waals surface area contributed by atoms with Crippen molar-refractivity contribution < 1.29 is 19.2 Å². The zero-order chi connectivity index (χ0) is 27.3. The fourth-order valence-electron chi connectivity index (χ4n) is 4.55. The third kappa shape index (κ3) is 8.72. The number of carbonyl (C=O) groups is 4. The van der Waals surface area contributed by atoms with Crippen LogP contribution in [0.15, 0.2) is 65.7 Å². The first-order chi connectivity index (χ1) is 18.4. The Labute approximate surface area is 222 Å². The second-order valence-electron chi connectivity index (χ2n) is 9.36. The molecule has 0 aromatic heterocycles. The normalized spacial score (nSPS) is 16.2. The molecule has 3 rings (SSSR count). The number of nitrogens with two attached hydrogens (primary N) is 2. The molecule has 38 heavy (non-hydrogen) atoms. The van der Waals surface area contributed by atoms with E-state index in [0.29, 0.717) is 51.5 Å². The van der Waals surface area contributed by atoms with Crippen molar-refractivity contribution >= 4 is 30.0 Å². The van der Waals surface area contributed by atoms with Gasteiger partial charge in [-0.05, 0) is 36.8 Å². The quantitative estimate of drug-likeness (QED) is 0.132. The molecule has 1 fully saturated rings. The smallest absolute Gasteiger partial charge is 0.246 e. The van der Waals surface area contributed by atoms with Crippen LogP contribution in [0.5, 0.6) is 0 Å². The number of guanidine groups is 1. The molecule has 2 aromatic rings. The van der Waals surface area contributed by atoms with Crippen LogP contribution < -0.4 is 22.1 Å². The highest BCUT2D eigenvalue weighted by molar-refractivity contribution is 5.93. The van der Waals surface area contributed by atoms with Crippen LogP contribution in [-0.2, 0) is 32.0 Å². The first-order valence-corrected chi connectivity index (χ1v) is 12.9. The first kappa shape index (κ1) is 28.4. The van der Waals surface area contributed by atoms with E-state index in [2.05, 4.69) is 15.6 Å². The standard InChI is InChI=1S/C28H36N6O4/c29-28(30)31-15-7-13-22(19-35)32-26(37)24-14-8-16-34(24)27(38)23(17-20-9-3-1-4-10-20)33-25(36)18-21-11-5-2-6-12-21/h1-6,9-12,19,22-24H,7-8,13-18H2,(H,32,37)(H,33,36)(H4,29,30,31)/t22-,23+,24-/m0/s1. The maximum atomic E-state index is 13.7. The summed E-state index contributed by atoms with van der Waals surface area (Å²) in [4.78, 5) is 56.6. The van der Waals surface area contributed by atoms with Gasteiger partial charge in [-0.3, -0.25) is 19.4 Å². The second kappa shape index (κ2) is 14.5. The Balaban J connectivity index is 1.68. The molecule has 3 amide bonds. The van der Waals surface area contributed by atoms with E-state index >= 15 is 0 Å². The van der Waals surface area contributed by atoms with Crippen LogP contribution >= 0.6 is 0 Å². The van der Waals surface area contributed by atoms with Crippen molar-refractivity contribution in [2.75, 3.05) is 13.1 Å². The Bertz CT molecular complexity index is 1100. The molecule has 1 saturated heterocycles. The van der Waals surface area contributed by atoms with E-state index < -0.39 is 18.1 Å². The lowest BCUT2D eigenvalue weighted by Crippen LogP contribution is -2.55. The number of carbonyl (C=O) groups excluding carboxylic acids is 4. The Morgan fingerprint density at radius 2 is 1.66 bits per heavy atom. The van der Waals surface area contributed by atoms with Gasteiger partial charge in [-0.2, -0.15) is 0 Å². The molecule has 0 aliphatic carbocycles. The minimum atomic E-state index is -0.830. The Morgan fingerprint density at radius 1 is 1.00 bits per heavy atom. The van der Waals surface area contributed by atoms with Crippen molar-refractivity contribution in [3.8, 4) is 0 Å². The van der Waals surface area contributed by atoms with Gasteiger partial charge in [-0.1, -0.05) is 60.7 Å². The number of aliphatic imine (C=N–C) groups is 1. The monoisotopic (exact) mass is 520 g/mol. The first-order valence-electron chi connectivity index (χ1n) is 12.9. The summed E-state index contributed by atoms with van der Waals surface area (Å²) in [6.07, 6.45) is 3.14. The summed E-state index contributed by atoms with van der Waals surface area (Å²) in [7, 11) is 0. The maximum absolute atomic E-state index is 13.7. The number of amides is 3. The molecule has 10 heteroatoms. The summed E-state index contributed by atoms with van der Waals surface area (Å²) in [6, 6.07) is 16.5. The molecule has 3 atom stereocenters. The van der Waals surface area contributed by atoms with Crippen LogP contribution in [0.25, 0.3) is 0 Å². The third-order valence-electron chi connectivity index (χ3n) is 6.42. The summed E-state index contributed by atoms with van der Waals surface area (Å²) < 4.78 is 0. The van der Waals surface area contributed by atoms with Crippen molar-refractivity contribution in [2.45, 2.75) is 56.7 Å². The van der Waals surface area contributed by atoms with Crippen LogP contribution in [0.2, 0.25) is 0 Å². The number of nitrogens with zero attached hydrogens (tertiary/aromatic N) is 2. The van der Waals surface area contributed by atoms with Crippen LogP contribution in [0.1, 0.15) is 36.8 Å². The van der Waals surface area contributed by atoms with Gasteiger partial charge < -0.3 is 31.8 Å². The molecule has 2 aromatic carbocycles. The minimum absolute atomic E-state index is 0.0299. The van der Waals surface area contributed by atoms with E-state index in [1.165, 1.54) is 4.90 Å². The van der Waals surface area contributed by atoms with Gasteiger partial charge in [0.05, 0.1) is 12.5 Å².